The van der Waals surface area contributed by atoms with Gasteiger partial charge in [0.25, 0.3) is 5.91 Å². The lowest BCUT2D eigenvalue weighted by Gasteiger charge is -2.08. The van der Waals surface area contributed by atoms with Crippen molar-refractivity contribution in [2.24, 2.45) is 0 Å². The molecule has 0 aliphatic carbocycles. The lowest BCUT2D eigenvalue weighted by atomic mass is 10.3. The molecular formula is C13H18N2O4. The number of anilines is 1. The van der Waals surface area contributed by atoms with Gasteiger partial charge in [-0.1, -0.05) is 0 Å². The quantitative estimate of drug-likeness (QED) is 0.765. The van der Waals surface area contributed by atoms with E-state index >= 15 is 0 Å². The van der Waals surface area contributed by atoms with Crippen molar-refractivity contribution in [2.45, 2.75) is 6.92 Å². The number of hydrogen-bond acceptors (Lipinski definition) is 4. The summed E-state index contributed by atoms with van der Waals surface area (Å²) in [5, 5.41) is 5.29. The number of carbonyl (C=O) groups is 2. The lowest BCUT2D eigenvalue weighted by Crippen LogP contribution is -2.28. The third-order valence-corrected chi connectivity index (χ3v) is 2.16. The Hall–Kier alpha value is -2.08. The SMILES string of the molecule is CCNC(=O)COc1ccc(NC(=O)COC)cc1. The second-order valence-electron chi connectivity index (χ2n) is 3.75. The number of benzene rings is 1. The average Bonchev–Trinajstić information content (AvgIpc) is 2.38. The molecule has 0 aliphatic rings. The fourth-order valence-corrected chi connectivity index (χ4v) is 1.36. The molecule has 0 aliphatic heterocycles. The van der Waals surface area contributed by atoms with Crippen molar-refractivity contribution >= 4 is 17.5 Å². The Bertz CT molecular complexity index is 417. The minimum Gasteiger partial charge on any atom is -0.484 e. The number of ether oxygens (including phenoxy) is 2. The largest absolute Gasteiger partial charge is 0.484 e. The molecule has 0 atom stereocenters. The van der Waals surface area contributed by atoms with Gasteiger partial charge in [0.15, 0.2) is 6.61 Å². The van der Waals surface area contributed by atoms with E-state index in [4.69, 9.17) is 9.47 Å². The van der Waals surface area contributed by atoms with Gasteiger partial charge in [-0.2, -0.15) is 0 Å². The lowest BCUT2D eigenvalue weighted by molar-refractivity contribution is -0.123. The Morgan fingerprint density at radius 2 is 1.79 bits per heavy atom. The van der Waals surface area contributed by atoms with E-state index in [9.17, 15) is 9.59 Å². The summed E-state index contributed by atoms with van der Waals surface area (Å²) in [5.41, 5.74) is 0.646. The van der Waals surface area contributed by atoms with Gasteiger partial charge in [-0.3, -0.25) is 9.59 Å². The maximum absolute atomic E-state index is 11.3. The van der Waals surface area contributed by atoms with Gasteiger partial charge in [0.1, 0.15) is 12.4 Å². The Kier molecular flexibility index (Phi) is 6.38. The Labute approximate surface area is 112 Å². The van der Waals surface area contributed by atoms with Crippen LogP contribution >= 0.6 is 0 Å². The first kappa shape index (κ1) is 15.0. The number of likely N-dealkylation sites (N-methyl/N-ethyl adjacent to an activating group) is 1. The second kappa shape index (κ2) is 8.10. The van der Waals surface area contributed by atoms with Crippen molar-refractivity contribution < 1.29 is 19.1 Å². The van der Waals surface area contributed by atoms with E-state index in [2.05, 4.69) is 10.6 Å². The van der Waals surface area contributed by atoms with Gasteiger partial charge in [-0.15, -0.1) is 0 Å². The van der Waals surface area contributed by atoms with Crippen LogP contribution in [0.5, 0.6) is 5.75 Å². The van der Waals surface area contributed by atoms with Gasteiger partial charge in [-0.05, 0) is 31.2 Å². The molecular weight excluding hydrogens is 248 g/mol. The number of nitrogens with one attached hydrogen (secondary N) is 2. The van der Waals surface area contributed by atoms with Crippen molar-refractivity contribution in [2.75, 3.05) is 32.2 Å². The van der Waals surface area contributed by atoms with Crippen LogP contribution < -0.4 is 15.4 Å². The Balaban J connectivity index is 2.43. The molecule has 6 nitrogen and oxygen atoms in total. The molecule has 0 bridgehead atoms. The van der Waals surface area contributed by atoms with Gasteiger partial charge < -0.3 is 20.1 Å². The smallest absolute Gasteiger partial charge is 0.257 e. The van der Waals surface area contributed by atoms with Crippen LogP contribution in [0.4, 0.5) is 5.69 Å². The zero-order valence-electron chi connectivity index (χ0n) is 11.1. The molecule has 1 aromatic carbocycles. The number of amides is 2. The molecule has 1 rings (SSSR count). The maximum atomic E-state index is 11.3. The van der Waals surface area contributed by atoms with E-state index in [1.165, 1.54) is 7.11 Å². The molecule has 2 amide bonds. The summed E-state index contributed by atoms with van der Waals surface area (Å²) in [7, 11) is 1.46. The van der Waals surface area contributed by atoms with E-state index in [0.29, 0.717) is 18.0 Å². The molecule has 6 heteroatoms. The van der Waals surface area contributed by atoms with Crippen LogP contribution in [0.1, 0.15) is 6.92 Å². The van der Waals surface area contributed by atoms with Crippen molar-refractivity contribution in [3.8, 4) is 5.75 Å². The Morgan fingerprint density at radius 3 is 2.37 bits per heavy atom. The predicted molar refractivity (Wildman–Crippen MR) is 71.1 cm³/mol. The molecule has 0 saturated carbocycles. The van der Waals surface area contributed by atoms with Crippen LogP contribution in [-0.4, -0.2) is 38.7 Å². The summed E-state index contributed by atoms with van der Waals surface area (Å²) >= 11 is 0. The number of methoxy groups -OCH3 is 1. The molecule has 0 fully saturated rings. The molecule has 0 radical (unpaired) electrons. The highest BCUT2D eigenvalue weighted by Crippen LogP contribution is 2.15. The van der Waals surface area contributed by atoms with Gasteiger partial charge in [0, 0.05) is 19.3 Å². The fourth-order valence-electron chi connectivity index (χ4n) is 1.36. The van der Waals surface area contributed by atoms with Gasteiger partial charge in [0.2, 0.25) is 5.91 Å². The van der Waals surface area contributed by atoms with Gasteiger partial charge >= 0.3 is 0 Å². The van der Waals surface area contributed by atoms with Crippen LogP contribution in [0.25, 0.3) is 0 Å². The monoisotopic (exact) mass is 266 g/mol. The van der Waals surface area contributed by atoms with E-state index < -0.39 is 0 Å². The molecule has 0 spiro atoms. The second-order valence-corrected chi connectivity index (χ2v) is 3.75. The van der Waals surface area contributed by atoms with Crippen LogP contribution in [0.3, 0.4) is 0 Å². The van der Waals surface area contributed by atoms with Crippen molar-refractivity contribution in [1.29, 1.82) is 0 Å². The van der Waals surface area contributed by atoms with Crippen LogP contribution in [0.15, 0.2) is 24.3 Å². The predicted octanol–water partition coefficient (Wildman–Crippen LogP) is 0.786. The zero-order valence-corrected chi connectivity index (χ0v) is 11.1. The van der Waals surface area contributed by atoms with Crippen LogP contribution in [-0.2, 0) is 14.3 Å². The van der Waals surface area contributed by atoms with E-state index in [1.54, 1.807) is 24.3 Å². The third kappa shape index (κ3) is 5.87. The minimum atomic E-state index is -0.224. The normalized spacial score (nSPS) is 9.79. The van der Waals surface area contributed by atoms with E-state index in [-0.39, 0.29) is 25.0 Å². The first-order chi connectivity index (χ1) is 9.15. The summed E-state index contributed by atoms with van der Waals surface area (Å²) < 4.78 is 9.98. The third-order valence-electron chi connectivity index (χ3n) is 2.16. The molecule has 1 aromatic rings. The molecule has 104 valence electrons. The first-order valence-corrected chi connectivity index (χ1v) is 5.94. The molecule has 0 aromatic heterocycles. The summed E-state index contributed by atoms with van der Waals surface area (Å²) in [4.78, 5) is 22.5. The average molecular weight is 266 g/mol. The minimum absolute atomic E-state index is 0.00937. The highest BCUT2D eigenvalue weighted by atomic mass is 16.5. The topological polar surface area (TPSA) is 76.7 Å². The standard InChI is InChI=1S/C13H18N2O4/c1-3-14-12(16)9-19-11-6-4-10(5-7-11)15-13(17)8-18-2/h4-7H,3,8-9H2,1-2H3,(H,14,16)(H,15,17). The van der Waals surface area contributed by atoms with E-state index in [1.807, 2.05) is 6.92 Å². The Morgan fingerprint density at radius 1 is 1.11 bits per heavy atom. The summed E-state index contributed by atoms with van der Waals surface area (Å²) in [5.74, 6) is 0.175. The van der Waals surface area contributed by atoms with Crippen molar-refractivity contribution in [1.82, 2.24) is 5.32 Å². The number of rotatable bonds is 7. The maximum Gasteiger partial charge on any atom is 0.257 e. The van der Waals surface area contributed by atoms with Crippen molar-refractivity contribution in [3.05, 3.63) is 24.3 Å². The number of carbonyl (C=O) groups excluding carboxylic acids is 2. The number of hydrogen-bond donors (Lipinski definition) is 2. The van der Waals surface area contributed by atoms with E-state index in [0.717, 1.165) is 0 Å². The fraction of sp³-hybridized carbons (Fsp3) is 0.385. The molecule has 0 heterocycles. The zero-order chi connectivity index (χ0) is 14.1. The summed E-state index contributed by atoms with van der Waals surface area (Å²) in [6.07, 6.45) is 0. The molecule has 0 saturated heterocycles. The summed E-state index contributed by atoms with van der Waals surface area (Å²) in [6, 6.07) is 6.75. The highest BCUT2D eigenvalue weighted by Gasteiger charge is 2.03. The summed E-state index contributed by atoms with van der Waals surface area (Å²) in [6.45, 7) is 2.40. The molecule has 19 heavy (non-hydrogen) atoms. The molecule has 0 unspecified atom stereocenters. The first-order valence-electron chi connectivity index (χ1n) is 5.94. The highest BCUT2D eigenvalue weighted by molar-refractivity contribution is 5.91. The van der Waals surface area contributed by atoms with Gasteiger partial charge in [0.05, 0.1) is 0 Å². The van der Waals surface area contributed by atoms with Crippen LogP contribution in [0, 0.1) is 0 Å². The van der Waals surface area contributed by atoms with Crippen molar-refractivity contribution in [3.63, 3.8) is 0 Å². The van der Waals surface area contributed by atoms with Crippen LogP contribution in [0.2, 0.25) is 0 Å². The van der Waals surface area contributed by atoms with Gasteiger partial charge in [-0.25, -0.2) is 0 Å². The molecule has 2 N–H and O–H groups in total.